The van der Waals surface area contributed by atoms with Crippen LogP contribution in [-0.4, -0.2) is 41.8 Å². The SMILES string of the molecule is COc1ccc(N2C(=O)[C@H](N3C(=O)c4c(Cl)c(Cl)c(Cl)c(Cl)c4C3=O)[C@@H]2/C=C/c2ccccc2)cc1. The third-order valence-corrected chi connectivity index (χ3v) is 7.96. The van der Waals surface area contributed by atoms with Crippen molar-refractivity contribution in [1.82, 2.24) is 4.90 Å². The number of carbonyl (C=O) groups is 3. The average molecular weight is 562 g/mol. The van der Waals surface area contributed by atoms with Gasteiger partial charge < -0.3 is 9.64 Å². The van der Waals surface area contributed by atoms with E-state index in [0.717, 1.165) is 10.5 Å². The molecule has 3 aromatic rings. The molecule has 0 aromatic heterocycles. The van der Waals surface area contributed by atoms with Crippen molar-refractivity contribution >= 4 is 75.9 Å². The summed E-state index contributed by atoms with van der Waals surface area (Å²) in [7, 11) is 1.54. The predicted molar refractivity (Wildman–Crippen MR) is 141 cm³/mol. The maximum atomic E-state index is 13.5. The molecule has 3 amide bonds. The molecule has 10 heteroatoms. The molecular weight excluding hydrogens is 546 g/mol. The fourth-order valence-corrected chi connectivity index (χ4v) is 5.40. The molecule has 36 heavy (non-hydrogen) atoms. The number of carbonyl (C=O) groups excluding carboxylic acids is 3. The Morgan fingerprint density at radius 3 is 1.83 bits per heavy atom. The van der Waals surface area contributed by atoms with Gasteiger partial charge in [-0.15, -0.1) is 0 Å². The minimum Gasteiger partial charge on any atom is -0.497 e. The van der Waals surface area contributed by atoms with Gasteiger partial charge in [0, 0.05) is 5.69 Å². The zero-order valence-corrected chi connectivity index (χ0v) is 21.6. The summed E-state index contributed by atoms with van der Waals surface area (Å²) in [6, 6.07) is 14.6. The first-order chi connectivity index (χ1) is 17.3. The molecule has 2 atom stereocenters. The van der Waals surface area contributed by atoms with E-state index in [0.29, 0.717) is 11.4 Å². The quantitative estimate of drug-likeness (QED) is 0.156. The molecule has 0 bridgehead atoms. The Labute approximate surface area is 226 Å². The maximum Gasteiger partial charge on any atom is 0.264 e. The molecule has 5 rings (SSSR count). The maximum absolute atomic E-state index is 13.5. The molecule has 0 N–H and O–H groups in total. The number of hydrogen-bond acceptors (Lipinski definition) is 4. The van der Waals surface area contributed by atoms with Gasteiger partial charge in [0.1, 0.15) is 11.8 Å². The molecule has 0 unspecified atom stereocenters. The molecule has 0 radical (unpaired) electrons. The van der Waals surface area contributed by atoms with E-state index in [1.807, 2.05) is 36.4 Å². The lowest BCUT2D eigenvalue weighted by atomic mass is 9.91. The van der Waals surface area contributed by atoms with Gasteiger partial charge in [-0.3, -0.25) is 19.3 Å². The third-order valence-electron chi connectivity index (χ3n) is 6.16. The second-order valence-corrected chi connectivity index (χ2v) is 9.61. The second kappa shape index (κ2) is 9.45. The van der Waals surface area contributed by atoms with E-state index >= 15 is 0 Å². The predicted octanol–water partition coefficient (Wildman–Crippen LogP) is 6.40. The Kier molecular flexibility index (Phi) is 6.47. The van der Waals surface area contributed by atoms with Crippen LogP contribution in [0.15, 0.2) is 60.7 Å². The largest absolute Gasteiger partial charge is 0.497 e. The van der Waals surface area contributed by atoms with E-state index in [9.17, 15) is 14.4 Å². The van der Waals surface area contributed by atoms with Crippen molar-refractivity contribution in [3.05, 3.63) is 97.5 Å². The van der Waals surface area contributed by atoms with Gasteiger partial charge in [0.15, 0.2) is 0 Å². The van der Waals surface area contributed by atoms with E-state index in [1.54, 1.807) is 37.5 Å². The molecule has 2 heterocycles. The monoisotopic (exact) mass is 560 g/mol. The lowest BCUT2D eigenvalue weighted by Crippen LogP contribution is -2.71. The summed E-state index contributed by atoms with van der Waals surface area (Å²) in [5.41, 5.74) is 1.14. The number of rotatable bonds is 5. The fourth-order valence-electron chi connectivity index (χ4n) is 4.38. The van der Waals surface area contributed by atoms with Gasteiger partial charge in [-0.25, -0.2) is 0 Å². The Morgan fingerprint density at radius 1 is 0.750 bits per heavy atom. The molecule has 0 aliphatic carbocycles. The lowest BCUT2D eigenvalue weighted by Gasteiger charge is -2.48. The number of hydrogen-bond donors (Lipinski definition) is 0. The van der Waals surface area contributed by atoms with E-state index in [4.69, 9.17) is 51.1 Å². The van der Waals surface area contributed by atoms with Crippen LogP contribution in [0.25, 0.3) is 6.08 Å². The van der Waals surface area contributed by atoms with Crippen LogP contribution in [0.4, 0.5) is 5.69 Å². The van der Waals surface area contributed by atoms with E-state index in [2.05, 4.69) is 0 Å². The number of anilines is 1. The smallest absolute Gasteiger partial charge is 0.264 e. The van der Waals surface area contributed by atoms with Crippen molar-refractivity contribution < 1.29 is 19.1 Å². The number of ether oxygens (including phenoxy) is 1. The number of halogens is 4. The summed E-state index contributed by atoms with van der Waals surface area (Å²) in [6.45, 7) is 0. The summed E-state index contributed by atoms with van der Waals surface area (Å²) in [6.07, 6.45) is 3.60. The molecule has 3 aromatic carbocycles. The molecule has 2 aliphatic heterocycles. The van der Waals surface area contributed by atoms with Crippen LogP contribution in [0.2, 0.25) is 20.1 Å². The zero-order chi connectivity index (χ0) is 25.7. The number of nitrogens with zero attached hydrogens (tertiary/aromatic N) is 2. The highest BCUT2D eigenvalue weighted by molar-refractivity contribution is 6.55. The number of benzene rings is 3. The number of imide groups is 1. The van der Waals surface area contributed by atoms with Gasteiger partial charge in [0.2, 0.25) is 0 Å². The Hall–Kier alpha value is -3.03. The number of amides is 3. The Balaban J connectivity index is 1.57. The van der Waals surface area contributed by atoms with Gasteiger partial charge in [-0.1, -0.05) is 88.9 Å². The molecule has 1 fully saturated rings. The number of β-lactam (4-membered cyclic amide) rings is 1. The first-order valence-corrected chi connectivity index (χ1v) is 12.2. The molecule has 6 nitrogen and oxygen atoms in total. The van der Waals surface area contributed by atoms with Crippen LogP contribution < -0.4 is 9.64 Å². The van der Waals surface area contributed by atoms with Gasteiger partial charge in [0.05, 0.1) is 44.4 Å². The van der Waals surface area contributed by atoms with E-state index < -0.39 is 29.8 Å². The van der Waals surface area contributed by atoms with Crippen LogP contribution in [0, 0.1) is 0 Å². The van der Waals surface area contributed by atoms with Crippen molar-refractivity contribution in [3.63, 3.8) is 0 Å². The Bertz CT molecular complexity index is 1390. The number of fused-ring (bicyclic) bond motifs is 1. The molecule has 182 valence electrons. The van der Waals surface area contributed by atoms with Crippen LogP contribution in [0.3, 0.4) is 0 Å². The molecule has 2 aliphatic rings. The van der Waals surface area contributed by atoms with Crippen molar-refractivity contribution in [2.45, 2.75) is 12.1 Å². The average Bonchev–Trinajstić information content (AvgIpc) is 3.14. The van der Waals surface area contributed by atoms with Crippen molar-refractivity contribution in [3.8, 4) is 5.75 Å². The van der Waals surface area contributed by atoms with E-state index in [-0.39, 0.29) is 31.2 Å². The second-order valence-electron chi connectivity index (χ2n) is 8.10. The highest BCUT2D eigenvalue weighted by atomic mass is 35.5. The molecular formula is C26H16Cl4N2O4. The van der Waals surface area contributed by atoms with Crippen LogP contribution >= 0.6 is 46.4 Å². The topological polar surface area (TPSA) is 66.9 Å². The van der Waals surface area contributed by atoms with Crippen molar-refractivity contribution in [2.24, 2.45) is 0 Å². The normalized spacial score (nSPS) is 19.2. The number of methoxy groups -OCH3 is 1. The first kappa shape index (κ1) is 24.7. The van der Waals surface area contributed by atoms with Crippen LogP contribution in [0.1, 0.15) is 26.3 Å². The first-order valence-electron chi connectivity index (χ1n) is 10.7. The highest BCUT2D eigenvalue weighted by Crippen LogP contribution is 2.46. The van der Waals surface area contributed by atoms with Crippen molar-refractivity contribution in [1.29, 1.82) is 0 Å². The highest BCUT2D eigenvalue weighted by Gasteiger charge is 2.57. The molecule has 0 spiro atoms. The summed E-state index contributed by atoms with van der Waals surface area (Å²) in [4.78, 5) is 42.7. The lowest BCUT2D eigenvalue weighted by molar-refractivity contribution is -0.128. The van der Waals surface area contributed by atoms with Gasteiger partial charge in [-0.05, 0) is 29.8 Å². The minimum atomic E-state index is -1.12. The summed E-state index contributed by atoms with van der Waals surface area (Å²) < 4.78 is 5.21. The zero-order valence-electron chi connectivity index (χ0n) is 18.5. The van der Waals surface area contributed by atoms with Crippen molar-refractivity contribution in [2.75, 3.05) is 12.0 Å². The summed E-state index contributed by atoms with van der Waals surface area (Å²) in [5.74, 6) is -1.34. The summed E-state index contributed by atoms with van der Waals surface area (Å²) >= 11 is 24.8. The standard InChI is InChI=1S/C26H16Cl4N2O4/c1-36-15-10-8-14(9-11-15)31-16(12-7-13-5-3-2-4-6-13)23(26(31)35)32-24(33)17-18(25(32)34)20(28)22(30)21(29)19(17)27/h2-12,16,23H,1H3/b12-7+/t16-,23+/m0/s1. The molecule has 0 saturated carbocycles. The Morgan fingerprint density at radius 2 is 1.31 bits per heavy atom. The molecule has 1 saturated heterocycles. The van der Waals surface area contributed by atoms with E-state index in [1.165, 1.54) is 4.90 Å². The fraction of sp³-hybridized carbons (Fsp3) is 0.115. The van der Waals surface area contributed by atoms with Crippen LogP contribution in [-0.2, 0) is 4.79 Å². The minimum absolute atomic E-state index is 0.134. The van der Waals surface area contributed by atoms with Gasteiger partial charge in [0.25, 0.3) is 17.7 Å². The van der Waals surface area contributed by atoms with Crippen LogP contribution in [0.5, 0.6) is 5.75 Å². The van der Waals surface area contributed by atoms with Gasteiger partial charge >= 0.3 is 0 Å². The van der Waals surface area contributed by atoms with Gasteiger partial charge in [-0.2, -0.15) is 0 Å². The third kappa shape index (κ3) is 3.76. The summed E-state index contributed by atoms with van der Waals surface area (Å²) in [5, 5.41) is -0.634.